The lowest BCUT2D eigenvalue weighted by Gasteiger charge is -2.42. The molecule has 5 aliphatic rings. The molecule has 1 aliphatic carbocycles. The van der Waals surface area contributed by atoms with Crippen LogP contribution in [0.3, 0.4) is 0 Å². The molecule has 2 aromatic rings. The molecule has 0 bridgehead atoms. The lowest BCUT2D eigenvalue weighted by molar-refractivity contribution is -0.0399. The van der Waals surface area contributed by atoms with Crippen LogP contribution in [0.25, 0.3) is 0 Å². The summed E-state index contributed by atoms with van der Waals surface area (Å²) in [6, 6.07) is 8.87. The van der Waals surface area contributed by atoms with Crippen LogP contribution < -0.4 is 15.4 Å². The first-order valence-corrected chi connectivity index (χ1v) is 15.6. The van der Waals surface area contributed by atoms with Crippen molar-refractivity contribution in [2.24, 2.45) is 5.92 Å². The third-order valence-electron chi connectivity index (χ3n) is 10.3. The van der Waals surface area contributed by atoms with Gasteiger partial charge in [0.1, 0.15) is 30.3 Å². The van der Waals surface area contributed by atoms with Crippen molar-refractivity contribution in [2.45, 2.75) is 81.7 Å². The van der Waals surface area contributed by atoms with Gasteiger partial charge in [0.25, 0.3) is 0 Å². The summed E-state index contributed by atoms with van der Waals surface area (Å²) in [6.45, 7) is 5.56. The van der Waals surface area contributed by atoms with E-state index >= 15 is 0 Å². The molecule has 1 aromatic carbocycles. The third-order valence-corrected chi connectivity index (χ3v) is 10.3. The number of aromatic nitrogens is 2. The van der Waals surface area contributed by atoms with Crippen molar-refractivity contribution in [3.63, 3.8) is 0 Å². The van der Waals surface area contributed by atoms with Crippen molar-refractivity contribution in [2.75, 3.05) is 43.4 Å². The van der Waals surface area contributed by atoms with Gasteiger partial charge >= 0.3 is 6.01 Å². The zero-order valence-electron chi connectivity index (χ0n) is 24.7. The molecule has 5 atom stereocenters. The van der Waals surface area contributed by atoms with E-state index in [1.165, 1.54) is 0 Å². The molecule has 2 N–H and O–H groups in total. The number of halogens is 1. The first-order valence-electron chi connectivity index (χ1n) is 15.6. The Morgan fingerprint density at radius 3 is 2.91 bits per heavy atom. The molecule has 5 unspecified atom stereocenters. The van der Waals surface area contributed by atoms with Crippen LogP contribution in [0.5, 0.6) is 6.01 Å². The van der Waals surface area contributed by atoms with E-state index in [2.05, 4.69) is 41.0 Å². The van der Waals surface area contributed by atoms with Gasteiger partial charge in [-0.2, -0.15) is 20.5 Å². The molecular weight excluding hydrogens is 545 g/mol. The topological polar surface area (TPSA) is 124 Å². The van der Waals surface area contributed by atoms with E-state index in [4.69, 9.17) is 25.2 Å². The highest BCUT2D eigenvalue weighted by molar-refractivity contribution is 5.65. The minimum absolute atomic E-state index is 0.0297. The molecule has 0 amide bonds. The van der Waals surface area contributed by atoms with Crippen molar-refractivity contribution in [3.8, 4) is 18.1 Å². The molecule has 43 heavy (non-hydrogen) atoms. The van der Waals surface area contributed by atoms with Crippen LogP contribution >= 0.6 is 0 Å². The molecule has 3 fully saturated rings. The van der Waals surface area contributed by atoms with Crippen LogP contribution in [0.1, 0.15) is 79.3 Å². The van der Waals surface area contributed by atoms with Crippen molar-refractivity contribution in [3.05, 3.63) is 52.2 Å². The van der Waals surface area contributed by atoms with Crippen molar-refractivity contribution >= 4 is 11.5 Å². The highest BCUT2D eigenvalue weighted by Crippen LogP contribution is 2.48. The molecule has 1 aromatic heterocycles. The molecule has 0 saturated carbocycles. The van der Waals surface area contributed by atoms with Gasteiger partial charge in [-0.05, 0) is 56.2 Å². The van der Waals surface area contributed by atoms with E-state index < -0.39 is 11.8 Å². The summed E-state index contributed by atoms with van der Waals surface area (Å²) < 4.78 is 27.6. The van der Waals surface area contributed by atoms with Crippen LogP contribution in [-0.2, 0) is 23.4 Å². The Bertz CT molecular complexity index is 1550. The van der Waals surface area contributed by atoms with E-state index in [0.29, 0.717) is 43.8 Å². The second kappa shape index (κ2) is 10.8. The van der Waals surface area contributed by atoms with Gasteiger partial charge in [-0.25, -0.2) is 4.39 Å². The minimum atomic E-state index is -0.892. The molecule has 10 heteroatoms. The normalized spacial score (nSPS) is 31.5. The van der Waals surface area contributed by atoms with E-state index in [1.807, 2.05) is 6.07 Å². The summed E-state index contributed by atoms with van der Waals surface area (Å²) in [6.07, 6.45) is 8.70. The van der Waals surface area contributed by atoms with E-state index in [1.54, 1.807) is 6.07 Å². The maximum absolute atomic E-state index is 14.5. The van der Waals surface area contributed by atoms with Crippen molar-refractivity contribution in [1.29, 1.82) is 10.5 Å². The molecular formula is C33H38FN7O2. The maximum Gasteiger partial charge on any atom is 0.318 e. The monoisotopic (exact) mass is 583 g/mol. The number of ether oxygens (including phenoxy) is 2. The summed E-state index contributed by atoms with van der Waals surface area (Å²) in [4.78, 5) is 14.4. The number of rotatable bonds is 4. The number of anilines is 2. The number of nitrogens with zero attached hydrogens (tertiary/aromatic N) is 6. The summed E-state index contributed by atoms with van der Waals surface area (Å²) in [5, 5.41) is 19.7. The first kappa shape index (κ1) is 28.1. The Labute approximate surface area is 252 Å². The summed E-state index contributed by atoms with van der Waals surface area (Å²) in [7, 11) is 0. The number of benzene rings is 1. The Balaban J connectivity index is 1.28. The molecule has 4 aliphatic heterocycles. The number of nitrogen functional groups attached to an aromatic ring is 1. The summed E-state index contributed by atoms with van der Waals surface area (Å²) in [5.41, 5.74) is 9.55. The number of allylic oxidation sites excluding steroid dienone is 1. The average molecular weight is 584 g/mol. The van der Waals surface area contributed by atoms with E-state index in [9.17, 15) is 14.9 Å². The molecule has 0 radical (unpaired) electrons. The Hall–Kier alpha value is -3.73. The maximum atomic E-state index is 14.5. The number of hydrogen-bond donors (Lipinski definition) is 1. The Morgan fingerprint density at radius 2 is 2.07 bits per heavy atom. The minimum Gasteiger partial charge on any atom is -0.461 e. The number of alkyl halides is 1. The number of fused-ring (bicyclic) bond motifs is 4. The molecule has 3 saturated heterocycles. The van der Waals surface area contributed by atoms with E-state index in [-0.39, 0.29) is 30.0 Å². The quantitative estimate of drug-likeness (QED) is 0.404. The third kappa shape index (κ3) is 4.72. The Kier molecular flexibility index (Phi) is 7.03. The van der Waals surface area contributed by atoms with Gasteiger partial charge in [-0.3, -0.25) is 4.90 Å². The summed E-state index contributed by atoms with van der Waals surface area (Å²) >= 11 is 0. The fraction of sp³-hybridized carbons (Fsp3) is 0.576. The number of nitriles is 2. The van der Waals surface area contributed by atoms with Gasteiger partial charge in [0.05, 0.1) is 29.5 Å². The highest BCUT2D eigenvalue weighted by Gasteiger charge is 2.50. The lowest BCUT2D eigenvalue weighted by Crippen LogP contribution is -2.44. The fourth-order valence-electron chi connectivity index (χ4n) is 8.05. The second-order valence-corrected chi connectivity index (χ2v) is 13.0. The molecule has 9 nitrogen and oxygen atoms in total. The van der Waals surface area contributed by atoms with Gasteiger partial charge in [0, 0.05) is 55.2 Å². The van der Waals surface area contributed by atoms with Crippen LogP contribution in [0.2, 0.25) is 0 Å². The predicted octanol–water partition coefficient (Wildman–Crippen LogP) is 4.66. The smallest absolute Gasteiger partial charge is 0.318 e. The second-order valence-electron chi connectivity index (χ2n) is 13.0. The van der Waals surface area contributed by atoms with Gasteiger partial charge in [-0.15, -0.1) is 0 Å². The fourth-order valence-corrected chi connectivity index (χ4v) is 8.05. The van der Waals surface area contributed by atoms with Gasteiger partial charge in [0.15, 0.2) is 0 Å². The van der Waals surface area contributed by atoms with Crippen LogP contribution in [-0.4, -0.2) is 59.4 Å². The van der Waals surface area contributed by atoms with E-state index in [0.717, 1.165) is 73.4 Å². The SMILES string of the molecule is CC1C=CC2(Cc3nc(OCC45CCCN4CC(F)C5)nc(N4CCCC(C#N)CC4)c3CO2)c2c1ccc(N)c2C#N. The van der Waals surface area contributed by atoms with Gasteiger partial charge < -0.3 is 20.1 Å². The first-order chi connectivity index (χ1) is 20.8. The Morgan fingerprint density at radius 1 is 1.19 bits per heavy atom. The van der Waals surface area contributed by atoms with Crippen molar-refractivity contribution < 1.29 is 13.9 Å². The van der Waals surface area contributed by atoms with Gasteiger partial charge in [0.2, 0.25) is 0 Å². The summed E-state index contributed by atoms with van der Waals surface area (Å²) in [5.74, 6) is 0.926. The van der Waals surface area contributed by atoms with Crippen molar-refractivity contribution in [1.82, 2.24) is 14.9 Å². The number of hydrogen-bond acceptors (Lipinski definition) is 9. The molecule has 1 spiro atoms. The molecule has 224 valence electrons. The number of nitrogens with two attached hydrogens (primary N) is 1. The zero-order valence-corrected chi connectivity index (χ0v) is 24.7. The molecule has 7 rings (SSSR count). The van der Waals surface area contributed by atoms with Crippen LogP contribution in [0.4, 0.5) is 15.9 Å². The zero-order chi connectivity index (χ0) is 29.8. The van der Waals surface area contributed by atoms with Gasteiger partial charge in [-0.1, -0.05) is 25.1 Å². The van der Waals surface area contributed by atoms with Crippen LogP contribution in [0, 0.1) is 28.6 Å². The average Bonchev–Trinajstić information content (AvgIpc) is 3.42. The largest absolute Gasteiger partial charge is 0.461 e. The standard InChI is InChI=1S/C33H38FN7O2/c1-21-7-10-33(29-24(21)5-6-27(37)25(29)17-36)15-28-26(19-43-33)30(40-11-2-4-22(16-35)8-13-40)39-31(38-28)42-20-32-9-3-12-41(32)18-23(34)14-32/h5-7,10,21-23H,2-4,8-9,11-15,18-20,37H2,1H3. The predicted molar refractivity (Wildman–Crippen MR) is 159 cm³/mol. The highest BCUT2D eigenvalue weighted by atomic mass is 19.1. The lowest BCUT2D eigenvalue weighted by atomic mass is 9.73. The van der Waals surface area contributed by atoms with Crippen LogP contribution in [0.15, 0.2) is 24.3 Å². The molecule has 5 heterocycles.